The van der Waals surface area contributed by atoms with E-state index < -0.39 is 34.8 Å². The first-order valence-corrected chi connectivity index (χ1v) is 20.7. The summed E-state index contributed by atoms with van der Waals surface area (Å²) in [6.07, 6.45) is 3.81. The van der Waals surface area contributed by atoms with E-state index in [0.717, 1.165) is 32.2 Å². The number of halogens is 4. The van der Waals surface area contributed by atoms with Crippen molar-refractivity contribution in [3.63, 3.8) is 0 Å². The van der Waals surface area contributed by atoms with Gasteiger partial charge in [0.25, 0.3) is 0 Å². The maximum absolute atomic E-state index is 17.8. The Morgan fingerprint density at radius 2 is 1.81 bits per heavy atom. The molecule has 0 aliphatic carbocycles. The quantitative estimate of drug-likeness (QED) is 0.128. The fourth-order valence-corrected chi connectivity index (χ4v) is 10.7. The normalized spacial score (nSPS) is 25.5. The van der Waals surface area contributed by atoms with Crippen LogP contribution in [0.4, 0.5) is 28.2 Å². The van der Waals surface area contributed by atoms with Crippen LogP contribution in [0.1, 0.15) is 83.8 Å². The van der Waals surface area contributed by atoms with Gasteiger partial charge in [-0.15, -0.1) is 0 Å². The number of aryl methyl sites for hydroxylation is 2. The number of aromatic nitrogens is 2. The van der Waals surface area contributed by atoms with E-state index >= 15 is 13.2 Å². The van der Waals surface area contributed by atoms with Crippen molar-refractivity contribution < 1.29 is 41.3 Å². The molecule has 58 heavy (non-hydrogen) atoms. The van der Waals surface area contributed by atoms with Gasteiger partial charge >= 0.3 is 12.1 Å². The lowest BCUT2D eigenvalue weighted by molar-refractivity contribution is 0.00699. The van der Waals surface area contributed by atoms with E-state index in [0.29, 0.717) is 60.3 Å². The molecule has 14 heteroatoms. The Balaban J connectivity index is 1.24. The van der Waals surface area contributed by atoms with Gasteiger partial charge in [0.15, 0.2) is 12.6 Å². The second-order valence-corrected chi connectivity index (χ2v) is 17.7. The first-order valence-electron chi connectivity index (χ1n) is 20.7. The number of ether oxygens (including phenoxy) is 4. The molecule has 0 radical (unpaired) electrons. The van der Waals surface area contributed by atoms with Crippen LogP contribution >= 0.6 is 0 Å². The van der Waals surface area contributed by atoms with Crippen molar-refractivity contribution in [2.24, 2.45) is 0 Å². The Morgan fingerprint density at radius 3 is 2.59 bits per heavy atom. The van der Waals surface area contributed by atoms with Gasteiger partial charge in [0, 0.05) is 32.2 Å². The smallest absolute Gasteiger partial charge is 0.410 e. The molecule has 1 amide bonds. The molecule has 5 aliphatic rings. The van der Waals surface area contributed by atoms with E-state index in [1.807, 2.05) is 25.7 Å². The first-order chi connectivity index (χ1) is 27.8. The lowest BCUT2D eigenvalue weighted by atomic mass is 9.87. The first kappa shape index (κ1) is 39.1. The van der Waals surface area contributed by atoms with E-state index in [-0.39, 0.29) is 84.1 Å². The Kier molecular flexibility index (Phi) is 9.89. The molecule has 5 atom stereocenters. The minimum absolute atomic E-state index is 0.0861. The minimum atomic E-state index is -0.978. The van der Waals surface area contributed by atoms with Crippen LogP contribution in [0.15, 0.2) is 24.3 Å². The molecule has 1 aromatic heterocycles. The summed E-state index contributed by atoms with van der Waals surface area (Å²) in [5.41, 5.74) is -0.930. The second kappa shape index (κ2) is 14.7. The van der Waals surface area contributed by atoms with Gasteiger partial charge in [0.2, 0.25) is 0 Å². The molecular weight excluding hydrogens is 755 g/mol. The highest BCUT2D eigenvalue weighted by atomic mass is 19.1. The lowest BCUT2D eigenvalue weighted by Gasteiger charge is -2.48. The number of alkyl halides is 1. The number of fused-ring (bicyclic) bond motifs is 7. The number of amides is 1. The number of rotatable bonds is 8. The molecule has 2 bridgehead atoms. The number of hydrogen-bond acceptors (Lipinski definition) is 9. The molecule has 0 N–H and O–H groups in total. The summed E-state index contributed by atoms with van der Waals surface area (Å²) in [6, 6.07) is 5.47. The maximum Gasteiger partial charge on any atom is 0.410 e. The molecule has 0 saturated carbocycles. The Morgan fingerprint density at radius 1 is 0.983 bits per heavy atom. The maximum atomic E-state index is 17.8. The summed E-state index contributed by atoms with van der Waals surface area (Å²) in [5, 5.41) is 1.19. The van der Waals surface area contributed by atoms with E-state index in [9.17, 15) is 9.18 Å². The molecule has 0 spiro atoms. The van der Waals surface area contributed by atoms with Crippen molar-refractivity contribution >= 4 is 33.6 Å². The highest BCUT2D eigenvalue weighted by Crippen LogP contribution is 2.48. The summed E-state index contributed by atoms with van der Waals surface area (Å²) in [7, 11) is 1.47. The molecule has 0 unspecified atom stereocenters. The number of benzene rings is 3. The van der Waals surface area contributed by atoms with E-state index in [1.54, 1.807) is 19.1 Å². The van der Waals surface area contributed by atoms with Crippen molar-refractivity contribution in [1.29, 1.82) is 0 Å². The highest BCUT2D eigenvalue weighted by Gasteiger charge is 2.52. The average Bonchev–Trinajstić information content (AvgIpc) is 3.82. The van der Waals surface area contributed by atoms with Gasteiger partial charge in [-0.25, -0.2) is 22.4 Å². The van der Waals surface area contributed by atoms with Crippen molar-refractivity contribution in [1.82, 2.24) is 19.8 Å². The number of methoxy groups -OCH3 is 1. The van der Waals surface area contributed by atoms with Crippen LogP contribution in [0.3, 0.4) is 0 Å². The van der Waals surface area contributed by atoms with Gasteiger partial charge in [0.05, 0.1) is 34.6 Å². The fraction of sp³-hybridized carbons (Fsp3) is 0.568. The van der Waals surface area contributed by atoms with Crippen LogP contribution in [0, 0.1) is 17.5 Å². The molecular formula is C44H51F4N5O5. The zero-order valence-corrected chi connectivity index (χ0v) is 33.8. The van der Waals surface area contributed by atoms with Crippen molar-refractivity contribution in [2.75, 3.05) is 45.0 Å². The van der Waals surface area contributed by atoms with Crippen LogP contribution in [0.2, 0.25) is 0 Å². The summed E-state index contributed by atoms with van der Waals surface area (Å²) in [4.78, 5) is 29.5. The topological polar surface area (TPSA) is 89.5 Å². The number of carbonyl (C=O) groups is 1. The SMILES string of the molecule is CCc1c(F)ccc2cc(OCOC)cc(-c3c(F)c4c5c(nc(OC[C@@]67CCCN6C[C@H](F)C7)nc5c3F)N3C[C@H]5CC[C@@H]([C@H]3CCC4)N5C(=O)OC(C)(C)C)c12. The predicted octanol–water partition coefficient (Wildman–Crippen LogP) is 8.66. The van der Waals surface area contributed by atoms with E-state index in [4.69, 9.17) is 28.9 Å². The van der Waals surface area contributed by atoms with Gasteiger partial charge in [-0.2, -0.15) is 9.97 Å². The molecule has 5 aliphatic heterocycles. The Hall–Kier alpha value is -4.43. The molecule has 10 nitrogen and oxygen atoms in total. The molecule has 3 aromatic carbocycles. The predicted molar refractivity (Wildman–Crippen MR) is 212 cm³/mol. The molecule has 4 saturated heterocycles. The van der Waals surface area contributed by atoms with Crippen LogP contribution in [-0.2, 0) is 22.3 Å². The molecule has 4 aromatic rings. The van der Waals surface area contributed by atoms with Gasteiger partial charge in [-0.05, 0) is 119 Å². The number of nitrogens with zero attached hydrogens (tertiary/aromatic N) is 5. The summed E-state index contributed by atoms with van der Waals surface area (Å²) in [6.45, 7) is 8.83. The Labute approximate surface area is 335 Å². The third kappa shape index (κ3) is 6.49. The molecule has 310 valence electrons. The summed E-state index contributed by atoms with van der Waals surface area (Å²) < 4.78 is 89.1. The number of carbonyl (C=O) groups excluding carboxylic acids is 1. The van der Waals surface area contributed by atoms with Gasteiger partial charge in [-0.1, -0.05) is 13.0 Å². The third-order valence-corrected chi connectivity index (χ3v) is 13.0. The second-order valence-electron chi connectivity index (χ2n) is 17.7. The largest absolute Gasteiger partial charge is 0.468 e. The molecule has 4 fully saturated rings. The van der Waals surface area contributed by atoms with Crippen LogP contribution < -0.4 is 14.4 Å². The zero-order chi connectivity index (χ0) is 40.7. The fourth-order valence-electron chi connectivity index (χ4n) is 10.7. The lowest BCUT2D eigenvalue weighted by Crippen LogP contribution is -2.62. The highest BCUT2D eigenvalue weighted by molar-refractivity contribution is 6.04. The standard InChI is InChI=1S/C44H51F4N5O5/c1-6-28-31(46)13-11-24-17-27(57-23-55-5)18-30(34(24)28)35-37(47)29-9-7-10-32-33-14-12-26(53(33)42(54)58-43(2,3)4)21-52(32)40-36(29)39(38(35)48)49-41(50-40)56-22-44-15-8-16-51(44)20-25(45)19-44/h11,13,17-18,25-26,32-33H,6-10,12,14-16,19-23H2,1-5H3/t25-,26-,32-,33+,44+/m1/s1. The van der Waals surface area contributed by atoms with Gasteiger partial charge < -0.3 is 23.8 Å². The Bertz CT molecular complexity index is 2290. The molecule has 6 heterocycles. The van der Waals surface area contributed by atoms with E-state index in [2.05, 4.69) is 9.80 Å². The van der Waals surface area contributed by atoms with Crippen LogP contribution in [0.25, 0.3) is 32.8 Å². The van der Waals surface area contributed by atoms with Crippen LogP contribution in [-0.4, -0.2) is 101 Å². The number of hydrogen-bond donors (Lipinski definition) is 0. The van der Waals surface area contributed by atoms with Gasteiger partial charge in [-0.3, -0.25) is 9.80 Å². The van der Waals surface area contributed by atoms with Crippen molar-refractivity contribution in [3.8, 4) is 22.9 Å². The number of anilines is 1. The monoisotopic (exact) mass is 805 g/mol. The minimum Gasteiger partial charge on any atom is -0.468 e. The molecule has 9 rings (SSSR count). The third-order valence-electron chi connectivity index (χ3n) is 13.0. The van der Waals surface area contributed by atoms with Crippen LogP contribution in [0.5, 0.6) is 11.8 Å². The number of piperazine rings is 1. The summed E-state index contributed by atoms with van der Waals surface area (Å²) in [5.74, 6) is -1.53. The zero-order valence-electron chi connectivity index (χ0n) is 33.8. The summed E-state index contributed by atoms with van der Waals surface area (Å²) >= 11 is 0. The van der Waals surface area contributed by atoms with Crippen molar-refractivity contribution in [3.05, 3.63) is 52.8 Å². The van der Waals surface area contributed by atoms with E-state index in [1.165, 1.54) is 19.2 Å². The van der Waals surface area contributed by atoms with Gasteiger partial charge in [0.1, 0.15) is 47.1 Å². The average molecular weight is 806 g/mol. The van der Waals surface area contributed by atoms with Crippen molar-refractivity contribution in [2.45, 2.75) is 121 Å².